The van der Waals surface area contributed by atoms with Crippen LogP contribution in [0, 0.1) is 5.82 Å². The minimum Gasteiger partial charge on any atom is -0.365 e. The zero-order valence-electron chi connectivity index (χ0n) is 16.2. The van der Waals surface area contributed by atoms with E-state index in [0.29, 0.717) is 37.8 Å². The Morgan fingerprint density at radius 3 is 2.94 bits per heavy atom. The lowest BCUT2D eigenvalue weighted by atomic mass is 9.95. The van der Waals surface area contributed by atoms with Crippen LogP contribution in [0.15, 0.2) is 23.4 Å². The van der Waals surface area contributed by atoms with Gasteiger partial charge in [0.25, 0.3) is 5.91 Å². The number of thioether (sulfide) groups is 1. The summed E-state index contributed by atoms with van der Waals surface area (Å²) in [6.45, 7) is 0. The predicted molar refractivity (Wildman–Crippen MR) is 118 cm³/mol. The van der Waals surface area contributed by atoms with E-state index < -0.39 is 5.91 Å². The molecule has 0 bridgehead atoms. The van der Waals surface area contributed by atoms with Crippen LogP contribution in [0.2, 0.25) is 0 Å². The number of thiophene rings is 1. The van der Waals surface area contributed by atoms with Crippen molar-refractivity contribution in [1.82, 2.24) is 20.2 Å². The van der Waals surface area contributed by atoms with Crippen LogP contribution in [0.5, 0.6) is 0 Å². The molecule has 158 valence electrons. The van der Waals surface area contributed by atoms with Crippen molar-refractivity contribution in [3.05, 3.63) is 40.0 Å². The van der Waals surface area contributed by atoms with E-state index in [4.69, 9.17) is 5.73 Å². The number of aromatic nitrogens is 4. The summed E-state index contributed by atoms with van der Waals surface area (Å²) in [5.74, 6) is -1.12. The number of carbonyl (C=O) groups excluding carboxylic acids is 2. The number of anilines is 1. The number of halogens is 1. The van der Waals surface area contributed by atoms with E-state index in [1.165, 1.54) is 23.5 Å². The molecule has 3 aromatic heterocycles. The molecule has 1 aliphatic carbocycles. The molecule has 0 fully saturated rings. The SMILES string of the molecule is NC(=O)c1c(NC(=O)CSc2nnc3c(n2)[nH]c2ccc(F)cc23)sc2c1CCCC2. The van der Waals surface area contributed by atoms with Gasteiger partial charge in [-0.3, -0.25) is 9.59 Å². The van der Waals surface area contributed by atoms with Gasteiger partial charge in [-0.1, -0.05) is 11.8 Å². The van der Waals surface area contributed by atoms with Crippen molar-refractivity contribution in [3.63, 3.8) is 0 Å². The number of aromatic amines is 1. The number of benzene rings is 1. The second-order valence-corrected chi connectivity index (χ2v) is 9.27. The minimum absolute atomic E-state index is 0.0445. The van der Waals surface area contributed by atoms with Crippen molar-refractivity contribution in [2.45, 2.75) is 30.8 Å². The Morgan fingerprint density at radius 2 is 2.10 bits per heavy atom. The predicted octanol–water partition coefficient (Wildman–Crippen LogP) is 3.42. The van der Waals surface area contributed by atoms with E-state index in [-0.39, 0.29) is 17.5 Å². The van der Waals surface area contributed by atoms with Crippen molar-refractivity contribution in [2.75, 3.05) is 11.1 Å². The lowest BCUT2D eigenvalue weighted by molar-refractivity contribution is -0.113. The van der Waals surface area contributed by atoms with Crippen molar-refractivity contribution < 1.29 is 14.0 Å². The lowest BCUT2D eigenvalue weighted by Crippen LogP contribution is -2.19. The monoisotopic (exact) mass is 456 g/mol. The molecule has 0 radical (unpaired) electrons. The third kappa shape index (κ3) is 3.74. The highest BCUT2D eigenvalue weighted by Gasteiger charge is 2.25. The minimum atomic E-state index is -0.518. The molecule has 0 saturated heterocycles. The van der Waals surface area contributed by atoms with Crippen LogP contribution in [0.25, 0.3) is 22.1 Å². The quantitative estimate of drug-likeness (QED) is 0.395. The number of nitrogens with zero attached hydrogens (tertiary/aromatic N) is 3. The zero-order valence-corrected chi connectivity index (χ0v) is 17.8. The maximum Gasteiger partial charge on any atom is 0.251 e. The highest BCUT2D eigenvalue weighted by Crippen LogP contribution is 2.38. The van der Waals surface area contributed by atoms with Crippen LogP contribution in [0.4, 0.5) is 9.39 Å². The van der Waals surface area contributed by atoms with Gasteiger partial charge in [0.15, 0.2) is 5.65 Å². The number of nitrogens with one attached hydrogen (secondary N) is 2. The second-order valence-electron chi connectivity index (χ2n) is 7.22. The van der Waals surface area contributed by atoms with Gasteiger partial charge in [-0.15, -0.1) is 21.5 Å². The molecule has 11 heteroatoms. The molecule has 2 amide bonds. The van der Waals surface area contributed by atoms with E-state index in [1.807, 2.05) is 0 Å². The summed E-state index contributed by atoms with van der Waals surface area (Å²) < 4.78 is 13.5. The highest BCUT2D eigenvalue weighted by atomic mass is 32.2. The fourth-order valence-electron chi connectivity index (χ4n) is 3.80. The van der Waals surface area contributed by atoms with Gasteiger partial charge in [-0.2, -0.15) is 0 Å². The Bertz CT molecular complexity index is 1350. The fraction of sp³-hybridized carbons (Fsp3) is 0.250. The first-order valence-electron chi connectivity index (χ1n) is 9.68. The molecular formula is C20H17FN6O2S2. The fourth-order valence-corrected chi connectivity index (χ4v) is 5.69. The molecule has 1 aliphatic rings. The molecule has 5 rings (SSSR count). The largest absolute Gasteiger partial charge is 0.365 e. The van der Waals surface area contributed by atoms with E-state index in [2.05, 4.69) is 25.5 Å². The average molecular weight is 457 g/mol. The Morgan fingerprint density at radius 1 is 1.26 bits per heavy atom. The molecule has 4 aromatic rings. The summed E-state index contributed by atoms with van der Waals surface area (Å²) in [7, 11) is 0. The topological polar surface area (TPSA) is 127 Å². The second kappa shape index (κ2) is 7.89. The van der Waals surface area contributed by atoms with Crippen LogP contribution in [-0.4, -0.2) is 37.7 Å². The standard InChI is InChI=1S/C20H17FN6O2S2/c21-9-5-6-12-11(7-9)16-18(23-12)25-20(27-26-16)30-8-14(28)24-19-15(17(22)29)10-3-1-2-4-13(10)31-19/h5-7H,1-4,8H2,(H2,22,29)(H,24,28)(H,23,25,27). The van der Waals surface area contributed by atoms with Gasteiger partial charge in [0.2, 0.25) is 11.1 Å². The maximum absolute atomic E-state index is 13.5. The van der Waals surface area contributed by atoms with Crippen LogP contribution in [-0.2, 0) is 17.6 Å². The Balaban J connectivity index is 1.32. The van der Waals surface area contributed by atoms with Crippen molar-refractivity contribution in [2.24, 2.45) is 5.73 Å². The molecule has 0 unspecified atom stereocenters. The Labute approximate surface area is 183 Å². The number of hydrogen-bond acceptors (Lipinski definition) is 7. The lowest BCUT2D eigenvalue weighted by Gasteiger charge is -2.11. The number of carbonyl (C=O) groups is 2. The number of fused-ring (bicyclic) bond motifs is 4. The summed E-state index contributed by atoms with van der Waals surface area (Å²) in [5, 5.41) is 12.4. The number of aryl methyl sites for hydroxylation is 1. The number of rotatable bonds is 5. The van der Waals surface area contributed by atoms with Crippen molar-refractivity contribution >= 4 is 62.0 Å². The van der Waals surface area contributed by atoms with Crippen LogP contribution in [0.1, 0.15) is 33.6 Å². The van der Waals surface area contributed by atoms with Crippen molar-refractivity contribution in [1.29, 1.82) is 0 Å². The maximum atomic E-state index is 13.5. The van der Waals surface area contributed by atoms with Gasteiger partial charge in [0.1, 0.15) is 16.3 Å². The molecule has 0 aliphatic heterocycles. The Kier molecular flexibility index (Phi) is 5.06. The molecular weight excluding hydrogens is 439 g/mol. The highest BCUT2D eigenvalue weighted by molar-refractivity contribution is 7.99. The zero-order chi connectivity index (χ0) is 21.5. The number of H-pyrrole nitrogens is 1. The Hall–Kier alpha value is -3.05. The van der Waals surface area contributed by atoms with Crippen LogP contribution >= 0.6 is 23.1 Å². The van der Waals surface area contributed by atoms with Gasteiger partial charge in [0.05, 0.1) is 11.3 Å². The number of hydrogen-bond donors (Lipinski definition) is 3. The number of primary amides is 1. The van der Waals surface area contributed by atoms with E-state index in [9.17, 15) is 14.0 Å². The summed E-state index contributed by atoms with van der Waals surface area (Å²) in [6.07, 6.45) is 3.80. The molecule has 8 nitrogen and oxygen atoms in total. The molecule has 0 atom stereocenters. The number of nitrogens with two attached hydrogens (primary N) is 1. The molecule has 3 heterocycles. The van der Waals surface area contributed by atoms with Gasteiger partial charge in [0, 0.05) is 15.8 Å². The van der Waals surface area contributed by atoms with Gasteiger partial charge in [-0.05, 0) is 49.4 Å². The summed E-state index contributed by atoms with van der Waals surface area (Å²) in [6, 6.07) is 4.35. The summed E-state index contributed by atoms with van der Waals surface area (Å²) in [5.41, 5.74) is 8.63. The van der Waals surface area contributed by atoms with E-state index >= 15 is 0 Å². The van der Waals surface area contributed by atoms with Crippen LogP contribution < -0.4 is 11.1 Å². The molecule has 31 heavy (non-hydrogen) atoms. The van der Waals surface area contributed by atoms with Gasteiger partial charge in [-0.25, -0.2) is 9.37 Å². The van der Waals surface area contributed by atoms with Crippen molar-refractivity contribution in [3.8, 4) is 0 Å². The normalized spacial score (nSPS) is 13.5. The first kappa shape index (κ1) is 19.9. The van der Waals surface area contributed by atoms with E-state index in [0.717, 1.165) is 47.9 Å². The van der Waals surface area contributed by atoms with Crippen LogP contribution in [0.3, 0.4) is 0 Å². The molecule has 0 spiro atoms. The third-order valence-electron chi connectivity index (χ3n) is 5.16. The van der Waals surface area contributed by atoms with Gasteiger partial charge >= 0.3 is 0 Å². The van der Waals surface area contributed by atoms with E-state index in [1.54, 1.807) is 6.07 Å². The summed E-state index contributed by atoms with van der Waals surface area (Å²) >= 11 is 2.55. The first-order valence-corrected chi connectivity index (χ1v) is 11.5. The molecule has 4 N–H and O–H groups in total. The molecule has 1 aromatic carbocycles. The smallest absolute Gasteiger partial charge is 0.251 e. The first-order chi connectivity index (χ1) is 15.0. The summed E-state index contributed by atoms with van der Waals surface area (Å²) in [4.78, 5) is 33.0. The average Bonchev–Trinajstić information content (AvgIpc) is 3.29. The van der Waals surface area contributed by atoms with Gasteiger partial charge < -0.3 is 16.0 Å². The molecule has 0 saturated carbocycles. The number of amides is 2. The third-order valence-corrected chi connectivity index (χ3v) is 7.21.